The summed E-state index contributed by atoms with van der Waals surface area (Å²) >= 11 is 0. The van der Waals surface area contributed by atoms with Gasteiger partial charge in [-0.3, -0.25) is 9.63 Å². The van der Waals surface area contributed by atoms with Gasteiger partial charge in [0.2, 0.25) is 5.91 Å². The Balaban J connectivity index is 1.41. The van der Waals surface area contributed by atoms with Gasteiger partial charge in [-0.2, -0.15) is 17.0 Å². The molecule has 3 rings (SSSR count). The summed E-state index contributed by atoms with van der Waals surface area (Å²) in [5.74, 6) is -0.0885. The van der Waals surface area contributed by atoms with Crippen LogP contribution in [0.5, 0.6) is 0 Å². The smallest absolute Gasteiger partial charge is 0.272 e. The Morgan fingerprint density at radius 3 is 2.18 bits per heavy atom. The van der Waals surface area contributed by atoms with Crippen molar-refractivity contribution in [1.29, 1.82) is 0 Å². The van der Waals surface area contributed by atoms with Gasteiger partial charge < -0.3 is 0 Å². The molecular formula is C19H28FN3O4S. The van der Waals surface area contributed by atoms with E-state index >= 15 is 0 Å². The maximum atomic E-state index is 12.9. The number of hydrogen-bond donors (Lipinski definition) is 1. The molecule has 1 aromatic carbocycles. The van der Waals surface area contributed by atoms with Crippen molar-refractivity contribution in [2.45, 2.75) is 45.1 Å². The molecule has 0 atom stereocenters. The molecule has 2 aliphatic rings. The van der Waals surface area contributed by atoms with Gasteiger partial charge in [0.25, 0.3) is 10.2 Å². The Hall–Kier alpha value is -1.55. The minimum atomic E-state index is -3.41. The molecule has 2 heterocycles. The van der Waals surface area contributed by atoms with E-state index in [-0.39, 0.29) is 24.2 Å². The van der Waals surface area contributed by atoms with Gasteiger partial charge in [-0.25, -0.2) is 9.87 Å². The van der Waals surface area contributed by atoms with E-state index in [0.29, 0.717) is 50.5 Å². The van der Waals surface area contributed by atoms with E-state index in [9.17, 15) is 17.6 Å². The van der Waals surface area contributed by atoms with Gasteiger partial charge in [-0.15, -0.1) is 0 Å². The Morgan fingerprint density at radius 1 is 1.07 bits per heavy atom. The predicted octanol–water partition coefficient (Wildman–Crippen LogP) is 1.86. The monoisotopic (exact) mass is 413 g/mol. The van der Waals surface area contributed by atoms with Gasteiger partial charge in [-0.1, -0.05) is 19.1 Å². The van der Waals surface area contributed by atoms with Crippen LogP contribution < -0.4 is 5.48 Å². The maximum Gasteiger partial charge on any atom is 0.281 e. The first-order valence-electron chi connectivity index (χ1n) is 9.79. The number of carbonyl (C=O) groups is 1. The van der Waals surface area contributed by atoms with E-state index in [4.69, 9.17) is 4.84 Å². The number of piperidine rings is 2. The van der Waals surface area contributed by atoms with Crippen LogP contribution in [-0.2, 0) is 26.3 Å². The van der Waals surface area contributed by atoms with Crippen LogP contribution in [-0.4, -0.2) is 55.2 Å². The Kier molecular flexibility index (Phi) is 7.03. The highest BCUT2D eigenvalue weighted by molar-refractivity contribution is 7.86. The van der Waals surface area contributed by atoms with Crippen molar-refractivity contribution >= 4 is 16.1 Å². The molecule has 0 bridgehead atoms. The van der Waals surface area contributed by atoms with Gasteiger partial charge in [0.15, 0.2) is 0 Å². The Bertz CT molecular complexity index is 756. The van der Waals surface area contributed by atoms with Crippen LogP contribution in [0.3, 0.4) is 0 Å². The number of hydrogen-bond acceptors (Lipinski definition) is 4. The third-order valence-corrected chi connectivity index (χ3v) is 7.45. The lowest BCUT2D eigenvalue weighted by Gasteiger charge is -2.37. The highest BCUT2D eigenvalue weighted by Crippen LogP contribution is 2.23. The predicted molar refractivity (Wildman–Crippen MR) is 103 cm³/mol. The van der Waals surface area contributed by atoms with E-state index in [0.717, 1.165) is 12.8 Å². The molecule has 2 aliphatic heterocycles. The molecule has 2 fully saturated rings. The first-order chi connectivity index (χ1) is 13.3. The molecule has 0 spiro atoms. The molecule has 0 aliphatic carbocycles. The number of amides is 1. The zero-order chi connectivity index (χ0) is 20.1. The fraction of sp³-hybridized carbons (Fsp3) is 0.632. The molecule has 0 radical (unpaired) electrons. The number of benzene rings is 1. The summed E-state index contributed by atoms with van der Waals surface area (Å²) in [6.45, 7) is 4.08. The maximum absolute atomic E-state index is 12.9. The summed E-state index contributed by atoms with van der Waals surface area (Å²) < 4.78 is 41.5. The summed E-state index contributed by atoms with van der Waals surface area (Å²) in [5.41, 5.74) is 3.12. The van der Waals surface area contributed by atoms with E-state index < -0.39 is 10.2 Å². The van der Waals surface area contributed by atoms with Crippen molar-refractivity contribution in [2.75, 3.05) is 26.2 Å². The molecule has 0 aromatic heterocycles. The molecule has 7 nitrogen and oxygen atoms in total. The van der Waals surface area contributed by atoms with Crippen molar-refractivity contribution in [1.82, 2.24) is 14.1 Å². The minimum absolute atomic E-state index is 0.0981. The zero-order valence-corrected chi connectivity index (χ0v) is 17.0. The fourth-order valence-corrected chi connectivity index (χ4v) is 5.20. The lowest BCUT2D eigenvalue weighted by Crippen LogP contribution is -2.50. The number of hydroxylamine groups is 1. The molecule has 9 heteroatoms. The molecule has 0 unspecified atom stereocenters. The van der Waals surface area contributed by atoms with E-state index in [1.54, 1.807) is 16.4 Å². The second-order valence-electron chi connectivity index (χ2n) is 7.63. The lowest BCUT2D eigenvalue weighted by atomic mass is 10.0. The van der Waals surface area contributed by atoms with Crippen LogP contribution >= 0.6 is 0 Å². The molecule has 0 saturated carbocycles. The fourth-order valence-electron chi connectivity index (χ4n) is 3.53. The zero-order valence-electron chi connectivity index (χ0n) is 16.1. The van der Waals surface area contributed by atoms with Crippen LogP contribution in [0, 0.1) is 11.7 Å². The van der Waals surface area contributed by atoms with Crippen molar-refractivity contribution in [3.63, 3.8) is 0 Å². The standard InChI is InChI=1S/C19H28FN3O4S/c1-15-6-10-22(11-7-15)28(25,26)23-12-8-18(9-13-23)27-21-19(24)14-16-2-4-17(20)5-3-16/h2-5,15,18H,6-14H2,1H3,(H,21,24). The Morgan fingerprint density at radius 2 is 1.61 bits per heavy atom. The first kappa shape index (κ1) is 21.2. The lowest BCUT2D eigenvalue weighted by molar-refractivity contribution is -0.139. The molecule has 1 N–H and O–H groups in total. The molecular weight excluding hydrogens is 385 g/mol. The average molecular weight is 414 g/mol. The molecule has 2 saturated heterocycles. The largest absolute Gasteiger partial charge is 0.281 e. The van der Waals surface area contributed by atoms with Crippen molar-refractivity contribution in [3.8, 4) is 0 Å². The molecule has 1 amide bonds. The minimum Gasteiger partial charge on any atom is -0.272 e. The number of nitrogens with one attached hydrogen (secondary N) is 1. The van der Waals surface area contributed by atoms with Gasteiger partial charge in [0, 0.05) is 26.2 Å². The summed E-state index contributed by atoms with van der Waals surface area (Å²) in [6.07, 6.45) is 2.74. The first-order valence-corrected chi connectivity index (χ1v) is 11.2. The summed E-state index contributed by atoms with van der Waals surface area (Å²) in [6, 6.07) is 5.73. The topological polar surface area (TPSA) is 79.0 Å². The summed E-state index contributed by atoms with van der Waals surface area (Å²) in [4.78, 5) is 17.4. The van der Waals surface area contributed by atoms with Crippen LogP contribution in [0.1, 0.15) is 38.2 Å². The van der Waals surface area contributed by atoms with Crippen molar-refractivity contribution < 1.29 is 22.4 Å². The second-order valence-corrected chi connectivity index (χ2v) is 9.56. The average Bonchev–Trinajstić information content (AvgIpc) is 2.69. The number of halogens is 1. The van der Waals surface area contributed by atoms with Crippen LogP contribution in [0.25, 0.3) is 0 Å². The highest BCUT2D eigenvalue weighted by atomic mass is 32.2. The number of nitrogens with zero attached hydrogens (tertiary/aromatic N) is 2. The third-order valence-electron chi connectivity index (χ3n) is 5.41. The molecule has 156 valence electrons. The highest BCUT2D eigenvalue weighted by Gasteiger charge is 2.34. The van der Waals surface area contributed by atoms with Gasteiger partial charge >= 0.3 is 0 Å². The van der Waals surface area contributed by atoms with Gasteiger partial charge in [-0.05, 0) is 49.3 Å². The van der Waals surface area contributed by atoms with E-state index in [2.05, 4.69) is 12.4 Å². The van der Waals surface area contributed by atoms with Gasteiger partial charge in [0.05, 0.1) is 12.5 Å². The normalized spacial score (nSPS) is 20.9. The van der Waals surface area contributed by atoms with Crippen LogP contribution in [0.4, 0.5) is 4.39 Å². The van der Waals surface area contributed by atoms with Crippen LogP contribution in [0.2, 0.25) is 0 Å². The SMILES string of the molecule is CC1CCN(S(=O)(=O)N2CCC(ONC(=O)Cc3ccc(F)cc3)CC2)CC1. The summed E-state index contributed by atoms with van der Waals surface area (Å²) in [7, 11) is -3.41. The van der Waals surface area contributed by atoms with Crippen molar-refractivity contribution in [2.24, 2.45) is 5.92 Å². The van der Waals surface area contributed by atoms with E-state index in [1.807, 2.05) is 0 Å². The van der Waals surface area contributed by atoms with Crippen molar-refractivity contribution in [3.05, 3.63) is 35.6 Å². The number of carbonyl (C=O) groups excluding carboxylic acids is 1. The van der Waals surface area contributed by atoms with Gasteiger partial charge in [0.1, 0.15) is 5.82 Å². The molecule has 1 aromatic rings. The quantitative estimate of drug-likeness (QED) is 0.722. The number of rotatable bonds is 6. The van der Waals surface area contributed by atoms with E-state index in [1.165, 1.54) is 16.4 Å². The third kappa shape index (κ3) is 5.50. The van der Waals surface area contributed by atoms with Crippen LogP contribution in [0.15, 0.2) is 24.3 Å². The second kappa shape index (κ2) is 9.30. The Labute approximate surface area is 166 Å². The molecule has 28 heavy (non-hydrogen) atoms. The summed E-state index contributed by atoms with van der Waals surface area (Å²) in [5, 5.41) is 0.